The van der Waals surface area contributed by atoms with Gasteiger partial charge >= 0.3 is 0 Å². The number of hydrogen-bond acceptors (Lipinski definition) is 5. The van der Waals surface area contributed by atoms with E-state index in [1.807, 2.05) is 12.1 Å². The lowest BCUT2D eigenvalue weighted by Gasteiger charge is -2.36. The molecule has 32 heavy (non-hydrogen) atoms. The molecule has 2 fully saturated rings. The van der Waals surface area contributed by atoms with Crippen molar-refractivity contribution in [2.24, 2.45) is 0 Å². The number of benzene rings is 2. The Balaban J connectivity index is 1.22. The van der Waals surface area contributed by atoms with E-state index in [9.17, 15) is 8.42 Å². The SMILES string of the molecule is N#Cc1ccc(S(=O)(=O)N2CC[C@H](Oc3ccc4c(c3)CCN(C3CCC3)CC4)C2)cc1. The minimum Gasteiger partial charge on any atom is -0.489 e. The lowest BCUT2D eigenvalue weighted by molar-refractivity contribution is 0.133. The van der Waals surface area contributed by atoms with Crippen LogP contribution >= 0.6 is 0 Å². The van der Waals surface area contributed by atoms with Crippen LogP contribution in [0.3, 0.4) is 0 Å². The van der Waals surface area contributed by atoms with Crippen molar-refractivity contribution in [3.8, 4) is 11.8 Å². The molecule has 0 radical (unpaired) electrons. The second-order valence-corrected chi connectivity index (χ2v) is 11.0. The summed E-state index contributed by atoms with van der Waals surface area (Å²) in [6.07, 6.45) is 6.70. The Kier molecular flexibility index (Phi) is 5.93. The van der Waals surface area contributed by atoms with Crippen molar-refractivity contribution in [1.82, 2.24) is 9.21 Å². The van der Waals surface area contributed by atoms with Gasteiger partial charge in [-0.2, -0.15) is 9.57 Å². The van der Waals surface area contributed by atoms with Crippen molar-refractivity contribution in [2.45, 2.75) is 55.6 Å². The van der Waals surface area contributed by atoms with E-state index in [0.29, 0.717) is 25.1 Å². The molecule has 0 N–H and O–H groups in total. The first-order chi connectivity index (χ1) is 15.5. The van der Waals surface area contributed by atoms with E-state index in [4.69, 9.17) is 10.00 Å². The number of hydrogen-bond donors (Lipinski definition) is 0. The van der Waals surface area contributed by atoms with Gasteiger partial charge in [0.05, 0.1) is 23.1 Å². The normalized spacial score (nSPS) is 22.5. The first-order valence-electron chi connectivity index (χ1n) is 11.6. The zero-order valence-electron chi connectivity index (χ0n) is 18.2. The number of nitrogens with zero attached hydrogens (tertiary/aromatic N) is 3. The number of sulfonamides is 1. The van der Waals surface area contributed by atoms with Gasteiger partial charge in [0.2, 0.25) is 10.0 Å². The molecule has 5 rings (SSSR count). The number of nitriles is 1. The number of rotatable bonds is 5. The Hall–Kier alpha value is -2.40. The molecule has 3 aliphatic rings. The van der Waals surface area contributed by atoms with Crippen LogP contribution in [0.25, 0.3) is 0 Å². The summed E-state index contributed by atoms with van der Waals surface area (Å²) in [4.78, 5) is 2.87. The molecule has 2 aliphatic heterocycles. The van der Waals surface area contributed by atoms with E-state index < -0.39 is 10.0 Å². The molecule has 2 aromatic carbocycles. The maximum absolute atomic E-state index is 13.0. The predicted octanol–water partition coefficient (Wildman–Crippen LogP) is 3.35. The average Bonchev–Trinajstić information content (AvgIpc) is 3.15. The first kappa shape index (κ1) is 21.4. The molecule has 168 valence electrons. The van der Waals surface area contributed by atoms with E-state index >= 15 is 0 Å². The molecule has 6 nitrogen and oxygen atoms in total. The van der Waals surface area contributed by atoms with Gasteiger partial charge in [0.15, 0.2) is 0 Å². The molecule has 2 aromatic rings. The van der Waals surface area contributed by atoms with Crippen molar-refractivity contribution in [1.29, 1.82) is 5.26 Å². The van der Waals surface area contributed by atoms with Crippen LogP contribution < -0.4 is 4.74 Å². The van der Waals surface area contributed by atoms with Crippen LogP contribution in [0.1, 0.15) is 42.4 Å². The fourth-order valence-corrected chi connectivity index (χ4v) is 6.45. The molecule has 0 spiro atoms. The van der Waals surface area contributed by atoms with Crippen LogP contribution in [0.2, 0.25) is 0 Å². The summed E-state index contributed by atoms with van der Waals surface area (Å²) in [5, 5.41) is 8.93. The molecule has 0 bridgehead atoms. The van der Waals surface area contributed by atoms with Gasteiger partial charge in [-0.1, -0.05) is 12.5 Å². The Labute approximate surface area is 190 Å². The summed E-state index contributed by atoms with van der Waals surface area (Å²) in [6.45, 7) is 3.03. The Bertz CT molecular complexity index is 1120. The highest BCUT2D eigenvalue weighted by Gasteiger charge is 2.34. The van der Waals surface area contributed by atoms with Gasteiger partial charge in [0, 0.05) is 25.7 Å². The molecule has 1 aliphatic carbocycles. The Morgan fingerprint density at radius 3 is 2.38 bits per heavy atom. The summed E-state index contributed by atoms with van der Waals surface area (Å²) >= 11 is 0. The van der Waals surface area contributed by atoms with Crippen molar-refractivity contribution in [2.75, 3.05) is 26.2 Å². The lowest BCUT2D eigenvalue weighted by atomic mass is 9.91. The fourth-order valence-electron chi connectivity index (χ4n) is 4.96. The van der Waals surface area contributed by atoms with E-state index in [0.717, 1.165) is 37.7 Å². The van der Waals surface area contributed by atoms with Gasteiger partial charge < -0.3 is 4.74 Å². The van der Waals surface area contributed by atoms with E-state index in [1.54, 1.807) is 12.1 Å². The molecule has 0 aromatic heterocycles. The highest BCUT2D eigenvalue weighted by Crippen LogP contribution is 2.30. The molecule has 0 amide bonds. The third kappa shape index (κ3) is 4.27. The topological polar surface area (TPSA) is 73.6 Å². The van der Waals surface area contributed by atoms with Crippen LogP contribution in [-0.2, 0) is 22.9 Å². The number of fused-ring (bicyclic) bond motifs is 1. The smallest absolute Gasteiger partial charge is 0.243 e. The summed E-state index contributed by atoms with van der Waals surface area (Å²) in [5.41, 5.74) is 3.23. The van der Waals surface area contributed by atoms with Crippen LogP contribution in [0.4, 0.5) is 0 Å². The minimum atomic E-state index is -3.58. The first-order valence-corrected chi connectivity index (χ1v) is 13.0. The van der Waals surface area contributed by atoms with Crippen molar-refractivity contribution in [3.05, 3.63) is 59.2 Å². The van der Waals surface area contributed by atoms with Crippen LogP contribution in [-0.4, -0.2) is 55.9 Å². The van der Waals surface area contributed by atoms with Crippen molar-refractivity contribution >= 4 is 10.0 Å². The summed E-state index contributed by atoms with van der Waals surface area (Å²) in [6, 6.07) is 15.3. The summed E-state index contributed by atoms with van der Waals surface area (Å²) in [7, 11) is -3.58. The largest absolute Gasteiger partial charge is 0.489 e. The van der Waals surface area contributed by atoms with Crippen LogP contribution in [0, 0.1) is 11.3 Å². The standard InChI is InChI=1S/C25H29N3O3S/c26-17-19-4-8-25(9-5-19)32(29,30)28-15-12-24(18-28)31-23-7-6-20-10-13-27(22-2-1-3-22)14-11-21(20)16-23/h4-9,16,22,24H,1-3,10-15,18H2/t24-/m0/s1. The van der Waals surface area contributed by atoms with E-state index in [1.165, 1.54) is 46.8 Å². The van der Waals surface area contributed by atoms with Gasteiger partial charge in [0.25, 0.3) is 0 Å². The molecule has 2 heterocycles. The second-order valence-electron chi connectivity index (χ2n) is 9.08. The third-order valence-electron chi connectivity index (χ3n) is 7.14. The summed E-state index contributed by atoms with van der Waals surface area (Å²) < 4.78 is 33.6. The van der Waals surface area contributed by atoms with Gasteiger partial charge in [-0.15, -0.1) is 0 Å². The van der Waals surface area contributed by atoms with Gasteiger partial charge in [-0.3, -0.25) is 4.90 Å². The van der Waals surface area contributed by atoms with Crippen LogP contribution in [0.15, 0.2) is 47.4 Å². The van der Waals surface area contributed by atoms with Crippen molar-refractivity contribution in [3.63, 3.8) is 0 Å². The van der Waals surface area contributed by atoms with Gasteiger partial charge in [-0.05, 0) is 79.6 Å². The molecule has 1 atom stereocenters. The molecule has 7 heteroatoms. The Morgan fingerprint density at radius 1 is 0.938 bits per heavy atom. The maximum Gasteiger partial charge on any atom is 0.243 e. The molecule has 0 unspecified atom stereocenters. The summed E-state index contributed by atoms with van der Waals surface area (Å²) in [5.74, 6) is 0.837. The predicted molar refractivity (Wildman–Crippen MR) is 122 cm³/mol. The minimum absolute atomic E-state index is 0.154. The van der Waals surface area contributed by atoms with E-state index in [-0.39, 0.29) is 11.0 Å². The van der Waals surface area contributed by atoms with E-state index in [2.05, 4.69) is 17.0 Å². The second kappa shape index (κ2) is 8.86. The third-order valence-corrected chi connectivity index (χ3v) is 9.02. The molecular formula is C25H29N3O3S. The van der Waals surface area contributed by atoms with Crippen LogP contribution in [0.5, 0.6) is 5.75 Å². The molecular weight excluding hydrogens is 422 g/mol. The number of ether oxygens (including phenoxy) is 1. The maximum atomic E-state index is 13.0. The average molecular weight is 452 g/mol. The highest BCUT2D eigenvalue weighted by molar-refractivity contribution is 7.89. The van der Waals surface area contributed by atoms with Gasteiger partial charge in [-0.25, -0.2) is 8.42 Å². The molecule has 1 saturated carbocycles. The fraction of sp³-hybridized carbons (Fsp3) is 0.480. The zero-order chi connectivity index (χ0) is 22.1. The highest BCUT2D eigenvalue weighted by atomic mass is 32.2. The molecule has 1 saturated heterocycles. The Morgan fingerprint density at radius 2 is 1.69 bits per heavy atom. The zero-order valence-corrected chi connectivity index (χ0v) is 19.1. The monoisotopic (exact) mass is 451 g/mol. The van der Waals surface area contributed by atoms with Gasteiger partial charge in [0.1, 0.15) is 11.9 Å². The van der Waals surface area contributed by atoms with Crippen molar-refractivity contribution < 1.29 is 13.2 Å². The lowest BCUT2D eigenvalue weighted by Crippen LogP contribution is -2.41. The quantitative estimate of drug-likeness (QED) is 0.697.